The number of aromatic nitrogens is 2. The highest BCUT2D eigenvalue weighted by atomic mass is 32.1. The molecule has 0 aromatic carbocycles. The summed E-state index contributed by atoms with van der Waals surface area (Å²) in [6, 6.07) is 1.98. The van der Waals surface area contributed by atoms with Gasteiger partial charge in [-0.05, 0) is 19.3 Å². The molecule has 2 rings (SSSR count). The summed E-state index contributed by atoms with van der Waals surface area (Å²) < 4.78 is 5.32. The van der Waals surface area contributed by atoms with Gasteiger partial charge in [-0.2, -0.15) is 0 Å². The Labute approximate surface area is 147 Å². The van der Waals surface area contributed by atoms with E-state index in [2.05, 4.69) is 53.5 Å². The summed E-state index contributed by atoms with van der Waals surface area (Å²) in [6.07, 6.45) is 1.89. The Balaban J connectivity index is 1.77. The molecule has 0 saturated carbocycles. The molecule has 7 heteroatoms. The third kappa shape index (κ3) is 5.06. The maximum absolute atomic E-state index is 5.32. The van der Waals surface area contributed by atoms with Crippen LogP contribution in [0.5, 0.6) is 0 Å². The molecule has 2 aromatic heterocycles. The van der Waals surface area contributed by atoms with Crippen molar-refractivity contribution in [1.29, 1.82) is 0 Å². The van der Waals surface area contributed by atoms with Crippen molar-refractivity contribution >= 4 is 17.3 Å². The molecule has 2 N–H and O–H groups in total. The van der Waals surface area contributed by atoms with Crippen LogP contribution in [0.25, 0.3) is 0 Å². The van der Waals surface area contributed by atoms with Crippen LogP contribution >= 0.6 is 11.3 Å². The number of thiazole rings is 1. The summed E-state index contributed by atoms with van der Waals surface area (Å²) in [4.78, 5) is 10.2. The second-order valence-electron chi connectivity index (χ2n) is 5.94. The minimum absolute atomic E-state index is 0.370. The van der Waals surface area contributed by atoms with Crippen LogP contribution in [0.1, 0.15) is 53.7 Å². The standard InChI is InChI=1S/C17H27N5OS/c1-6-14-12(4)24-16(21-14)7-8-19-17(18-5)20-10-13-9-15(11(2)3)22-23-13/h9,11H,6-8,10H2,1-5H3,(H2,18,19,20). The molecule has 0 radical (unpaired) electrons. The van der Waals surface area contributed by atoms with E-state index in [4.69, 9.17) is 4.52 Å². The molecule has 6 nitrogen and oxygen atoms in total. The fourth-order valence-corrected chi connectivity index (χ4v) is 3.31. The monoisotopic (exact) mass is 349 g/mol. The Kier molecular flexibility index (Phi) is 6.78. The Bertz CT molecular complexity index is 674. The molecule has 2 heterocycles. The van der Waals surface area contributed by atoms with E-state index in [-0.39, 0.29) is 0 Å². The van der Waals surface area contributed by atoms with Crippen molar-refractivity contribution < 1.29 is 4.52 Å². The first-order valence-corrected chi connectivity index (χ1v) is 9.20. The van der Waals surface area contributed by atoms with Crippen molar-refractivity contribution in [2.75, 3.05) is 13.6 Å². The molecule has 0 aliphatic carbocycles. The highest BCUT2D eigenvalue weighted by molar-refractivity contribution is 7.11. The van der Waals surface area contributed by atoms with Gasteiger partial charge in [-0.3, -0.25) is 4.99 Å². The van der Waals surface area contributed by atoms with Gasteiger partial charge in [-0.25, -0.2) is 4.98 Å². The molecule has 0 aliphatic heterocycles. The van der Waals surface area contributed by atoms with Crippen LogP contribution in [-0.2, 0) is 19.4 Å². The smallest absolute Gasteiger partial charge is 0.191 e. The van der Waals surface area contributed by atoms with E-state index in [1.165, 1.54) is 15.6 Å². The van der Waals surface area contributed by atoms with Gasteiger partial charge in [0.1, 0.15) is 0 Å². The zero-order valence-corrected chi connectivity index (χ0v) is 16.0. The predicted molar refractivity (Wildman–Crippen MR) is 98.7 cm³/mol. The zero-order chi connectivity index (χ0) is 17.5. The van der Waals surface area contributed by atoms with Gasteiger partial charge in [0.05, 0.1) is 22.9 Å². The fourth-order valence-electron chi connectivity index (χ4n) is 2.29. The largest absolute Gasteiger partial charge is 0.359 e. The van der Waals surface area contributed by atoms with E-state index < -0.39 is 0 Å². The van der Waals surface area contributed by atoms with E-state index in [9.17, 15) is 0 Å². The lowest BCUT2D eigenvalue weighted by Crippen LogP contribution is -2.37. The molecular weight excluding hydrogens is 322 g/mol. The molecule has 2 aromatic rings. The summed E-state index contributed by atoms with van der Waals surface area (Å²) in [5, 5.41) is 11.8. The molecular formula is C17H27N5OS. The second kappa shape index (κ2) is 8.82. The van der Waals surface area contributed by atoms with Crippen LogP contribution in [0.3, 0.4) is 0 Å². The summed E-state index contributed by atoms with van der Waals surface area (Å²) >= 11 is 1.78. The number of nitrogens with zero attached hydrogens (tertiary/aromatic N) is 3. The topological polar surface area (TPSA) is 75.3 Å². The maximum atomic E-state index is 5.32. The van der Waals surface area contributed by atoms with Crippen LogP contribution in [0.15, 0.2) is 15.6 Å². The minimum Gasteiger partial charge on any atom is -0.359 e. The first-order valence-electron chi connectivity index (χ1n) is 8.38. The molecule has 132 valence electrons. The van der Waals surface area contributed by atoms with Crippen molar-refractivity contribution in [1.82, 2.24) is 20.8 Å². The molecule has 0 saturated heterocycles. The molecule has 0 atom stereocenters. The van der Waals surface area contributed by atoms with E-state index >= 15 is 0 Å². The van der Waals surface area contributed by atoms with E-state index in [0.717, 1.165) is 36.8 Å². The highest BCUT2D eigenvalue weighted by Crippen LogP contribution is 2.18. The lowest BCUT2D eigenvalue weighted by Gasteiger charge is -2.09. The van der Waals surface area contributed by atoms with Gasteiger partial charge in [0.25, 0.3) is 0 Å². The Morgan fingerprint density at radius 1 is 1.38 bits per heavy atom. The molecule has 0 aliphatic rings. The van der Waals surface area contributed by atoms with Crippen molar-refractivity contribution in [3.8, 4) is 0 Å². The number of guanidine groups is 1. The van der Waals surface area contributed by atoms with Gasteiger partial charge in [-0.1, -0.05) is 25.9 Å². The molecule has 0 unspecified atom stereocenters. The molecule has 0 amide bonds. The third-order valence-electron chi connectivity index (χ3n) is 3.73. The van der Waals surface area contributed by atoms with Gasteiger partial charge in [0.15, 0.2) is 11.7 Å². The summed E-state index contributed by atoms with van der Waals surface area (Å²) in [5.41, 5.74) is 2.18. The van der Waals surface area contributed by atoms with Crippen molar-refractivity contribution in [3.05, 3.63) is 33.1 Å². The second-order valence-corrected chi connectivity index (χ2v) is 7.23. The number of aliphatic imine (C=N–C) groups is 1. The summed E-state index contributed by atoms with van der Waals surface area (Å²) in [6.45, 7) is 9.83. The van der Waals surface area contributed by atoms with Crippen molar-refractivity contribution in [2.45, 2.75) is 53.0 Å². The molecule has 24 heavy (non-hydrogen) atoms. The normalized spacial score (nSPS) is 12.0. The third-order valence-corrected chi connectivity index (χ3v) is 4.80. The summed E-state index contributed by atoms with van der Waals surface area (Å²) in [5.74, 6) is 1.93. The Hall–Kier alpha value is -1.89. The average molecular weight is 350 g/mol. The highest BCUT2D eigenvalue weighted by Gasteiger charge is 2.09. The molecule has 0 bridgehead atoms. The molecule has 0 spiro atoms. The number of hydrogen-bond donors (Lipinski definition) is 2. The number of nitrogens with one attached hydrogen (secondary N) is 2. The maximum Gasteiger partial charge on any atom is 0.191 e. The summed E-state index contributed by atoms with van der Waals surface area (Å²) in [7, 11) is 1.76. The van der Waals surface area contributed by atoms with Crippen molar-refractivity contribution in [3.63, 3.8) is 0 Å². The van der Waals surface area contributed by atoms with Gasteiger partial charge in [-0.15, -0.1) is 11.3 Å². The lowest BCUT2D eigenvalue weighted by molar-refractivity contribution is 0.372. The number of hydrogen-bond acceptors (Lipinski definition) is 5. The van der Waals surface area contributed by atoms with Gasteiger partial charge >= 0.3 is 0 Å². The van der Waals surface area contributed by atoms with Crippen LogP contribution in [0.2, 0.25) is 0 Å². The average Bonchev–Trinajstić information content (AvgIpc) is 3.17. The van der Waals surface area contributed by atoms with E-state index in [1.807, 2.05) is 6.07 Å². The Morgan fingerprint density at radius 3 is 2.75 bits per heavy atom. The zero-order valence-electron chi connectivity index (χ0n) is 15.1. The van der Waals surface area contributed by atoms with Crippen LogP contribution in [-0.4, -0.2) is 29.7 Å². The van der Waals surface area contributed by atoms with Crippen LogP contribution in [0, 0.1) is 6.92 Å². The SMILES string of the molecule is CCc1nc(CCNC(=NC)NCc2cc(C(C)C)no2)sc1C. The minimum atomic E-state index is 0.370. The van der Waals surface area contributed by atoms with Gasteiger partial charge < -0.3 is 15.2 Å². The quantitative estimate of drug-likeness (QED) is 0.593. The Morgan fingerprint density at radius 2 is 2.17 bits per heavy atom. The number of aryl methyl sites for hydroxylation is 2. The van der Waals surface area contributed by atoms with Crippen LogP contribution in [0.4, 0.5) is 0 Å². The van der Waals surface area contributed by atoms with E-state index in [0.29, 0.717) is 12.5 Å². The fraction of sp³-hybridized carbons (Fsp3) is 0.588. The van der Waals surface area contributed by atoms with Gasteiger partial charge in [0, 0.05) is 31.0 Å². The van der Waals surface area contributed by atoms with E-state index in [1.54, 1.807) is 18.4 Å². The first-order chi connectivity index (χ1) is 11.5. The molecule has 0 fully saturated rings. The van der Waals surface area contributed by atoms with Crippen molar-refractivity contribution in [2.24, 2.45) is 4.99 Å². The predicted octanol–water partition coefficient (Wildman–Crippen LogP) is 3.03. The van der Waals surface area contributed by atoms with Crippen LogP contribution < -0.4 is 10.6 Å². The number of rotatable bonds is 7. The van der Waals surface area contributed by atoms with Gasteiger partial charge in [0.2, 0.25) is 0 Å². The first kappa shape index (κ1) is 18.4. The lowest BCUT2D eigenvalue weighted by atomic mass is 10.1.